The lowest BCUT2D eigenvalue weighted by molar-refractivity contribution is -0.00737. The van der Waals surface area contributed by atoms with Gasteiger partial charge in [0, 0.05) is 18.2 Å². The van der Waals surface area contributed by atoms with Crippen molar-refractivity contribution < 1.29 is 14.7 Å². The second-order valence-corrected chi connectivity index (χ2v) is 7.68. The van der Waals surface area contributed by atoms with Crippen molar-refractivity contribution in [3.63, 3.8) is 0 Å². The van der Waals surface area contributed by atoms with Gasteiger partial charge in [-0.25, -0.2) is 4.79 Å². The predicted octanol–water partition coefficient (Wildman–Crippen LogP) is 5.64. The van der Waals surface area contributed by atoms with Gasteiger partial charge in [0.2, 0.25) is 0 Å². The molecular formula is C19H13Cl3N2O3. The minimum atomic E-state index is -0.981. The summed E-state index contributed by atoms with van der Waals surface area (Å²) in [5, 5.41) is 14.6. The van der Waals surface area contributed by atoms with Crippen LogP contribution >= 0.6 is 34.8 Å². The van der Waals surface area contributed by atoms with Crippen LogP contribution in [0.5, 0.6) is 0 Å². The summed E-state index contributed by atoms with van der Waals surface area (Å²) in [7, 11) is 0. The Morgan fingerprint density at radius 3 is 2.59 bits per heavy atom. The van der Waals surface area contributed by atoms with Gasteiger partial charge in [0.1, 0.15) is 5.71 Å². The molecule has 1 unspecified atom stereocenters. The summed E-state index contributed by atoms with van der Waals surface area (Å²) < 4.78 is 1.79. The average Bonchev–Trinajstić information content (AvgIpc) is 3.26. The molecule has 8 heteroatoms. The Hall–Kier alpha value is -2.21. The van der Waals surface area contributed by atoms with Gasteiger partial charge in [0.15, 0.2) is 5.60 Å². The van der Waals surface area contributed by atoms with Crippen molar-refractivity contribution in [2.45, 2.75) is 18.9 Å². The Morgan fingerprint density at radius 1 is 1.22 bits per heavy atom. The number of hydrogen-bond donors (Lipinski definition) is 1. The SMILES string of the molecule is CC1(c2cc(Cl)c(Cl)c(Cl)c2)CC(c2ccc(C(=O)O)c3cccn23)=NO1. The largest absolute Gasteiger partial charge is 0.478 e. The van der Waals surface area contributed by atoms with Gasteiger partial charge in [-0.1, -0.05) is 40.0 Å². The number of benzene rings is 1. The summed E-state index contributed by atoms with van der Waals surface area (Å²) in [5.74, 6) is -0.981. The number of aromatic carboxylic acids is 1. The zero-order valence-corrected chi connectivity index (χ0v) is 16.3. The van der Waals surface area contributed by atoms with Gasteiger partial charge >= 0.3 is 5.97 Å². The highest BCUT2D eigenvalue weighted by molar-refractivity contribution is 6.48. The smallest absolute Gasteiger partial charge is 0.337 e. The fourth-order valence-electron chi connectivity index (χ4n) is 3.25. The third kappa shape index (κ3) is 2.96. The third-order valence-electron chi connectivity index (χ3n) is 4.67. The molecule has 27 heavy (non-hydrogen) atoms. The van der Waals surface area contributed by atoms with E-state index in [2.05, 4.69) is 5.16 Å². The van der Waals surface area contributed by atoms with Gasteiger partial charge in [-0.3, -0.25) is 0 Å². The van der Waals surface area contributed by atoms with Crippen molar-refractivity contribution in [2.24, 2.45) is 5.16 Å². The third-order valence-corrected chi connectivity index (χ3v) is 5.87. The molecule has 1 aliphatic heterocycles. The summed E-state index contributed by atoms with van der Waals surface area (Å²) in [5.41, 5.74) is 2.26. The summed E-state index contributed by atoms with van der Waals surface area (Å²) in [4.78, 5) is 17.2. The van der Waals surface area contributed by atoms with Crippen LogP contribution < -0.4 is 0 Å². The van der Waals surface area contributed by atoms with Crippen molar-refractivity contribution >= 4 is 52.0 Å². The molecule has 4 rings (SSSR count). The van der Waals surface area contributed by atoms with Crippen LogP contribution in [0.1, 0.15) is 35.0 Å². The molecule has 2 aromatic heterocycles. The first-order chi connectivity index (χ1) is 12.8. The second kappa shape index (κ2) is 6.44. The number of hydrogen-bond acceptors (Lipinski definition) is 3. The number of fused-ring (bicyclic) bond motifs is 1. The molecule has 3 aromatic rings. The number of oxime groups is 1. The van der Waals surface area contributed by atoms with E-state index < -0.39 is 11.6 Å². The lowest BCUT2D eigenvalue weighted by Crippen LogP contribution is -2.22. The van der Waals surface area contributed by atoms with E-state index in [1.807, 2.05) is 6.92 Å². The Balaban J connectivity index is 1.73. The second-order valence-electron chi connectivity index (χ2n) is 6.49. The van der Waals surface area contributed by atoms with Gasteiger partial charge in [-0.2, -0.15) is 0 Å². The van der Waals surface area contributed by atoms with E-state index in [4.69, 9.17) is 39.6 Å². The number of carboxylic acid groups (broad SMARTS) is 1. The molecule has 1 N–H and O–H groups in total. The first-order valence-corrected chi connectivity index (χ1v) is 9.17. The predicted molar refractivity (Wildman–Crippen MR) is 105 cm³/mol. The highest BCUT2D eigenvalue weighted by Gasteiger charge is 2.38. The van der Waals surface area contributed by atoms with Crippen LogP contribution in [0.15, 0.2) is 47.8 Å². The van der Waals surface area contributed by atoms with E-state index >= 15 is 0 Å². The molecular weight excluding hydrogens is 411 g/mol. The van der Waals surface area contributed by atoms with Crippen molar-refractivity contribution in [3.8, 4) is 0 Å². The highest BCUT2D eigenvalue weighted by Crippen LogP contribution is 2.41. The van der Waals surface area contributed by atoms with Crippen molar-refractivity contribution in [1.29, 1.82) is 0 Å². The van der Waals surface area contributed by atoms with Crippen LogP contribution in [0.3, 0.4) is 0 Å². The molecule has 0 aliphatic carbocycles. The zero-order chi connectivity index (χ0) is 19.3. The van der Waals surface area contributed by atoms with E-state index in [9.17, 15) is 9.90 Å². The maximum atomic E-state index is 11.4. The van der Waals surface area contributed by atoms with Gasteiger partial charge in [0.05, 0.1) is 31.8 Å². The summed E-state index contributed by atoms with van der Waals surface area (Å²) >= 11 is 18.3. The molecule has 0 bridgehead atoms. The molecule has 138 valence electrons. The number of pyridine rings is 1. The van der Waals surface area contributed by atoms with Gasteiger partial charge in [-0.15, -0.1) is 0 Å². The summed E-state index contributed by atoms with van der Waals surface area (Å²) in [6, 6.07) is 10.3. The van der Waals surface area contributed by atoms with E-state index in [0.29, 0.717) is 32.7 Å². The number of halogens is 3. The molecule has 3 heterocycles. The van der Waals surface area contributed by atoms with Crippen LogP contribution in [0, 0.1) is 0 Å². The van der Waals surface area contributed by atoms with Crippen LogP contribution in [-0.2, 0) is 10.4 Å². The fourth-order valence-corrected chi connectivity index (χ4v) is 3.84. The number of nitrogens with zero attached hydrogens (tertiary/aromatic N) is 2. The number of carbonyl (C=O) groups is 1. The minimum Gasteiger partial charge on any atom is -0.478 e. The Bertz CT molecular complexity index is 1100. The first kappa shape index (κ1) is 18.2. The van der Waals surface area contributed by atoms with Gasteiger partial charge in [0.25, 0.3) is 0 Å². The van der Waals surface area contributed by atoms with Crippen LogP contribution in [0.2, 0.25) is 15.1 Å². The maximum absolute atomic E-state index is 11.4. The molecule has 0 radical (unpaired) electrons. The molecule has 1 aromatic carbocycles. The van der Waals surface area contributed by atoms with Crippen molar-refractivity contribution in [2.75, 3.05) is 0 Å². The van der Waals surface area contributed by atoms with Gasteiger partial charge < -0.3 is 14.3 Å². The van der Waals surface area contributed by atoms with Crippen LogP contribution in [0.4, 0.5) is 0 Å². The highest BCUT2D eigenvalue weighted by atomic mass is 35.5. The standard InChI is InChI=1S/C19H13Cl3N2O3/c1-19(10-7-12(20)17(22)13(21)8-10)9-14(23-27-19)16-5-4-11(18(25)26)15-3-2-6-24(15)16/h2-8H,9H2,1H3,(H,25,26). The normalized spacial score (nSPS) is 19.2. The summed E-state index contributed by atoms with van der Waals surface area (Å²) in [6.45, 7) is 1.89. The Kier molecular flexibility index (Phi) is 4.34. The number of rotatable bonds is 3. The molecule has 0 fully saturated rings. The molecule has 0 amide bonds. The van der Waals surface area contributed by atoms with Gasteiger partial charge in [-0.05, 0) is 43.3 Å². The molecule has 5 nitrogen and oxygen atoms in total. The molecule has 0 saturated heterocycles. The first-order valence-electron chi connectivity index (χ1n) is 8.04. The average molecular weight is 424 g/mol. The Labute approximate surface area is 169 Å². The molecule has 0 spiro atoms. The van der Waals surface area contributed by atoms with E-state index in [1.54, 1.807) is 47.0 Å². The number of carboxylic acids is 1. The maximum Gasteiger partial charge on any atom is 0.337 e. The molecule has 1 aliphatic rings. The van der Waals surface area contributed by atoms with E-state index in [0.717, 1.165) is 11.3 Å². The van der Waals surface area contributed by atoms with Crippen molar-refractivity contribution in [3.05, 3.63) is 74.5 Å². The summed E-state index contributed by atoms with van der Waals surface area (Å²) in [6.07, 6.45) is 2.26. The molecule has 0 saturated carbocycles. The van der Waals surface area contributed by atoms with E-state index in [-0.39, 0.29) is 5.56 Å². The quantitative estimate of drug-likeness (QED) is 0.555. The zero-order valence-electron chi connectivity index (χ0n) is 14.0. The Morgan fingerprint density at radius 2 is 1.93 bits per heavy atom. The lowest BCUT2D eigenvalue weighted by atomic mass is 9.90. The van der Waals surface area contributed by atoms with E-state index in [1.165, 1.54) is 0 Å². The fraction of sp³-hybridized carbons (Fsp3) is 0.158. The van der Waals surface area contributed by atoms with Crippen molar-refractivity contribution in [1.82, 2.24) is 4.40 Å². The number of aromatic nitrogens is 1. The lowest BCUT2D eigenvalue weighted by Gasteiger charge is -2.23. The van der Waals surface area contributed by atoms with Crippen LogP contribution in [-0.4, -0.2) is 21.2 Å². The van der Waals surface area contributed by atoms with Crippen LogP contribution in [0.25, 0.3) is 5.52 Å². The monoisotopic (exact) mass is 422 g/mol. The molecule has 1 atom stereocenters. The minimum absolute atomic E-state index is 0.224. The topological polar surface area (TPSA) is 63.3 Å².